The predicted molar refractivity (Wildman–Crippen MR) is 77.5 cm³/mol. The Morgan fingerprint density at radius 3 is 2.80 bits per heavy atom. The molecule has 0 radical (unpaired) electrons. The largest absolute Gasteiger partial charge is 0.381 e. The highest BCUT2D eigenvalue weighted by Crippen LogP contribution is 2.59. The molecule has 1 heterocycles. The molecule has 3 rings (SSSR count). The molecule has 0 aromatic carbocycles. The number of amides is 1. The minimum Gasteiger partial charge on any atom is -0.381 e. The zero-order valence-corrected chi connectivity index (χ0v) is 12.4. The van der Waals surface area contributed by atoms with E-state index in [0.29, 0.717) is 11.5 Å². The van der Waals surface area contributed by atoms with Gasteiger partial charge in [-0.05, 0) is 56.6 Å². The number of rotatable bonds is 3. The molecule has 2 aliphatic rings. The van der Waals surface area contributed by atoms with Crippen molar-refractivity contribution in [3.8, 4) is 0 Å². The van der Waals surface area contributed by atoms with Gasteiger partial charge in [-0.2, -0.15) is 0 Å². The average molecular weight is 274 g/mol. The summed E-state index contributed by atoms with van der Waals surface area (Å²) < 4.78 is 5.49. The van der Waals surface area contributed by atoms with Gasteiger partial charge in [0.2, 0.25) is 5.91 Å². The number of aryl methyl sites for hydroxylation is 1. The second-order valence-corrected chi connectivity index (χ2v) is 6.29. The lowest BCUT2D eigenvalue weighted by molar-refractivity contribution is -0.167. The van der Waals surface area contributed by atoms with Gasteiger partial charge in [-0.15, -0.1) is 0 Å². The Bertz CT molecular complexity index is 533. The first-order valence-electron chi connectivity index (χ1n) is 7.31. The first kappa shape index (κ1) is 13.6. The molecule has 1 aromatic rings. The molecule has 1 amide bonds. The highest BCUT2D eigenvalue weighted by molar-refractivity contribution is 5.94. The molecule has 4 heteroatoms. The molecule has 1 atom stereocenters. The Hall–Kier alpha value is -1.42. The Balaban J connectivity index is 1.60. The standard InChI is InChI=1S/C16H22N2O2/c1-10-11(2)17-7-5-13(10)18-15(19)12-8-16(9-12)6-4-14(16)20-3/h5,7,12,14H,4,6,8-9H2,1-3H3,(H,17,18,19). The summed E-state index contributed by atoms with van der Waals surface area (Å²) in [6.45, 7) is 3.95. The van der Waals surface area contributed by atoms with Gasteiger partial charge in [0.1, 0.15) is 0 Å². The number of carbonyl (C=O) groups is 1. The van der Waals surface area contributed by atoms with Crippen LogP contribution in [0.5, 0.6) is 0 Å². The van der Waals surface area contributed by atoms with Crippen LogP contribution in [0.2, 0.25) is 0 Å². The molecule has 20 heavy (non-hydrogen) atoms. The van der Waals surface area contributed by atoms with Crippen LogP contribution in [-0.4, -0.2) is 24.1 Å². The summed E-state index contributed by atoms with van der Waals surface area (Å²) in [6.07, 6.45) is 6.42. The van der Waals surface area contributed by atoms with Crippen molar-refractivity contribution in [2.75, 3.05) is 12.4 Å². The summed E-state index contributed by atoms with van der Waals surface area (Å²) in [5.41, 5.74) is 3.21. The summed E-state index contributed by atoms with van der Waals surface area (Å²) in [4.78, 5) is 16.5. The number of hydrogen-bond acceptors (Lipinski definition) is 3. The molecule has 2 saturated carbocycles. The lowest BCUT2D eigenvalue weighted by Gasteiger charge is -2.58. The van der Waals surface area contributed by atoms with Crippen molar-refractivity contribution in [1.82, 2.24) is 4.98 Å². The predicted octanol–water partition coefficient (Wildman–Crippen LogP) is 2.84. The zero-order chi connectivity index (χ0) is 14.3. The fourth-order valence-electron chi connectivity index (χ4n) is 3.62. The van der Waals surface area contributed by atoms with Crippen molar-refractivity contribution >= 4 is 11.6 Å². The minimum atomic E-state index is 0.140. The second kappa shape index (κ2) is 4.85. The van der Waals surface area contributed by atoms with Gasteiger partial charge in [-0.3, -0.25) is 9.78 Å². The molecular weight excluding hydrogens is 252 g/mol. The SMILES string of the molecule is COC1CCC12CC(C(=O)Nc1ccnc(C)c1C)C2. The van der Waals surface area contributed by atoms with Crippen molar-refractivity contribution in [3.05, 3.63) is 23.5 Å². The minimum absolute atomic E-state index is 0.140. The lowest BCUT2D eigenvalue weighted by atomic mass is 9.50. The summed E-state index contributed by atoms with van der Waals surface area (Å²) in [6, 6.07) is 1.87. The van der Waals surface area contributed by atoms with Crippen LogP contribution < -0.4 is 5.32 Å². The number of aromatic nitrogens is 1. The first-order valence-corrected chi connectivity index (χ1v) is 7.31. The quantitative estimate of drug-likeness (QED) is 0.922. The second-order valence-electron chi connectivity index (χ2n) is 6.29. The van der Waals surface area contributed by atoms with E-state index in [0.717, 1.165) is 36.2 Å². The van der Waals surface area contributed by atoms with Crippen molar-refractivity contribution in [2.45, 2.75) is 45.6 Å². The van der Waals surface area contributed by atoms with Crippen LogP contribution in [0.1, 0.15) is 36.9 Å². The topological polar surface area (TPSA) is 51.2 Å². The van der Waals surface area contributed by atoms with E-state index in [1.54, 1.807) is 13.3 Å². The van der Waals surface area contributed by atoms with Crippen molar-refractivity contribution in [2.24, 2.45) is 11.3 Å². The molecule has 0 saturated heterocycles. The molecule has 2 aliphatic carbocycles. The summed E-state index contributed by atoms with van der Waals surface area (Å²) >= 11 is 0. The molecule has 108 valence electrons. The van der Waals surface area contributed by atoms with E-state index in [9.17, 15) is 4.79 Å². The molecule has 0 aliphatic heterocycles. The molecule has 1 unspecified atom stereocenters. The number of ether oxygens (including phenoxy) is 1. The van der Waals surface area contributed by atoms with Crippen molar-refractivity contribution in [1.29, 1.82) is 0 Å². The number of methoxy groups -OCH3 is 1. The number of pyridine rings is 1. The van der Waals surface area contributed by atoms with Gasteiger partial charge in [-0.25, -0.2) is 0 Å². The number of carbonyl (C=O) groups excluding carboxylic acids is 1. The van der Waals surface area contributed by atoms with Crippen LogP contribution in [0.25, 0.3) is 0 Å². The number of anilines is 1. The van der Waals surface area contributed by atoms with Gasteiger partial charge in [0.05, 0.1) is 6.10 Å². The fourth-order valence-corrected chi connectivity index (χ4v) is 3.62. The van der Waals surface area contributed by atoms with E-state index in [4.69, 9.17) is 4.74 Å². The van der Waals surface area contributed by atoms with Gasteiger partial charge in [0.15, 0.2) is 0 Å². The van der Waals surface area contributed by atoms with Crippen LogP contribution in [0.15, 0.2) is 12.3 Å². The van der Waals surface area contributed by atoms with Crippen molar-refractivity contribution < 1.29 is 9.53 Å². The van der Waals surface area contributed by atoms with Gasteiger partial charge < -0.3 is 10.1 Å². The molecule has 1 spiro atoms. The number of nitrogens with one attached hydrogen (secondary N) is 1. The zero-order valence-electron chi connectivity index (χ0n) is 12.4. The normalized spacial score (nSPS) is 31.6. The highest BCUT2D eigenvalue weighted by Gasteiger charge is 2.57. The monoisotopic (exact) mass is 274 g/mol. The lowest BCUT2D eigenvalue weighted by Crippen LogP contribution is -2.56. The first-order chi connectivity index (χ1) is 9.55. The maximum absolute atomic E-state index is 12.3. The van der Waals surface area contributed by atoms with Gasteiger partial charge in [0, 0.05) is 30.6 Å². The third kappa shape index (κ3) is 2.03. The van der Waals surface area contributed by atoms with E-state index < -0.39 is 0 Å². The van der Waals surface area contributed by atoms with E-state index in [2.05, 4.69) is 10.3 Å². The molecule has 1 N–H and O–H groups in total. The summed E-state index contributed by atoms with van der Waals surface area (Å²) in [5, 5.41) is 3.05. The van der Waals surface area contributed by atoms with Crippen LogP contribution in [0.4, 0.5) is 5.69 Å². The Kier molecular flexibility index (Phi) is 3.28. The van der Waals surface area contributed by atoms with Gasteiger partial charge in [-0.1, -0.05) is 0 Å². The maximum Gasteiger partial charge on any atom is 0.227 e. The molecule has 0 bridgehead atoms. The molecule has 4 nitrogen and oxygen atoms in total. The van der Waals surface area contributed by atoms with Crippen LogP contribution in [0.3, 0.4) is 0 Å². The molecule has 1 aromatic heterocycles. The van der Waals surface area contributed by atoms with Gasteiger partial charge >= 0.3 is 0 Å². The average Bonchev–Trinajstić information content (AvgIpc) is 2.33. The number of hydrogen-bond donors (Lipinski definition) is 1. The van der Waals surface area contributed by atoms with Crippen LogP contribution in [0, 0.1) is 25.2 Å². The van der Waals surface area contributed by atoms with Crippen LogP contribution in [-0.2, 0) is 9.53 Å². The van der Waals surface area contributed by atoms with Crippen LogP contribution >= 0.6 is 0 Å². The van der Waals surface area contributed by atoms with Crippen molar-refractivity contribution in [3.63, 3.8) is 0 Å². The Labute approximate surface area is 119 Å². The Morgan fingerprint density at radius 2 is 2.20 bits per heavy atom. The van der Waals surface area contributed by atoms with Gasteiger partial charge in [0.25, 0.3) is 0 Å². The smallest absolute Gasteiger partial charge is 0.227 e. The highest BCUT2D eigenvalue weighted by atomic mass is 16.5. The van der Waals surface area contributed by atoms with E-state index in [1.807, 2.05) is 19.9 Å². The summed E-state index contributed by atoms with van der Waals surface area (Å²) in [5.74, 6) is 0.284. The molecular formula is C16H22N2O2. The third-order valence-corrected chi connectivity index (χ3v) is 5.26. The third-order valence-electron chi connectivity index (χ3n) is 5.26. The van der Waals surface area contributed by atoms with E-state index >= 15 is 0 Å². The maximum atomic E-state index is 12.3. The Morgan fingerprint density at radius 1 is 1.45 bits per heavy atom. The summed E-state index contributed by atoms with van der Waals surface area (Å²) in [7, 11) is 1.78. The van der Waals surface area contributed by atoms with E-state index in [-0.39, 0.29) is 11.8 Å². The molecule has 2 fully saturated rings. The van der Waals surface area contributed by atoms with E-state index in [1.165, 1.54) is 6.42 Å². The number of nitrogens with zero attached hydrogens (tertiary/aromatic N) is 1. The fraction of sp³-hybridized carbons (Fsp3) is 0.625.